The van der Waals surface area contributed by atoms with E-state index >= 15 is 0 Å². The number of aromatic nitrogens is 2. The number of amides is 1. The molecule has 2 aliphatic heterocycles. The van der Waals surface area contributed by atoms with Crippen LogP contribution in [0.25, 0.3) is 0 Å². The average molecular weight is 351 g/mol. The second kappa shape index (κ2) is 7.85. The van der Waals surface area contributed by atoms with Crippen LogP contribution in [0, 0.1) is 6.92 Å². The Labute approximate surface area is 149 Å². The number of methoxy groups -OCH3 is 1. The summed E-state index contributed by atoms with van der Waals surface area (Å²) in [4.78, 5) is 14.5. The smallest absolute Gasteiger partial charge is 0.274 e. The molecule has 7 nitrogen and oxygen atoms in total. The molecule has 3 rings (SSSR count). The molecule has 1 atom stereocenters. The van der Waals surface area contributed by atoms with Gasteiger partial charge in [-0.25, -0.2) is 0 Å². The van der Waals surface area contributed by atoms with E-state index in [4.69, 9.17) is 14.2 Å². The Hall–Kier alpha value is -1.44. The molecule has 0 N–H and O–H groups in total. The predicted molar refractivity (Wildman–Crippen MR) is 92.6 cm³/mol. The van der Waals surface area contributed by atoms with Gasteiger partial charge in [-0.15, -0.1) is 0 Å². The molecule has 140 valence electrons. The number of hydrogen-bond acceptors (Lipinski definition) is 5. The molecular formula is C18H29N3O4. The van der Waals surface area contributed by atoms with E-state index in [2.05, 4.69) is 5.10 Å². The van der Waals surface area contributed by atoms with E-state index in [0.29, 0.717) is 32.0 Å². The van der Waals surface area contributed by atoms with Crippen molar-refractivity contribution < 1.29 is 19.0 Å². The first kappa shape index (κ1) is 18.4. The number of carbonyl (C=O) groups is 1. The summed E-state index contributed by atoms with van der Waals surface area (Å²) in [5.41, 5.74) is 1.37. The topological polar surface area (TPSA) is 65.8 Å². The number of likely N-dealkylation sites (tertiary alicyclic amines) is 1. The molecule has 0 aliphatic carbocycles. The minimum atomic E-state index is -0.146. The van der Waals surface area contributed by atoms with E-state index in [1.54, 1.807) is 11.8 Å². The summed E-state index contributed by atoms with van der Waals surface area (Å²) in [5, 5.41) is 4.31. The summed E-state index contributed by atoms with van der Waals surface area (Å²) < 4.78 is 18.8. The number of piperidine rings is 1. The highest BCUT2D eigenvalue weighted by Crippen LogP contribution is 2.36. The van der Waals surface area contributed by atoms with Crippen LogP contribution < -0.4 is 0 Å². The van der Waals surface area contributed by atoms with Crippen LogP contribution in [0.2, 0.25) is 0 Å². The molecule has 25 heavy (non-hydrogen) atoms. The van der Waals surface area contributed by atoms with Gasteiger partial charge in [0.1, 0.15) is 0 Å². The van der Waals surface area contributed by atoms with Gasteiger partial charge in [0.15, 0.2) is 5.69 Å². The molecular weight excluding hydrogens is 322 g/mol. The van der Waals surface area contributed by atoms with Crippen LogP contribution in [0.1, 0.15) is 41.9 Å². The number of ether oxygens (including phenoxy) is 3. The standard InChI is InChI=1S/C18H29N3O4/c1-14-12-16(19-20(14)2)17(22)21-7-5-18(6-8-21)13-15(4-9-25-18)24-11-10-23-3/h12,15H,4-11,13H2,1-3H3. The molecule has 7 heteroatoms. The minimum Gasteiger partial charge on any atom is -0.382 e. The summed E-state index contributed by atoms with van der Waals surface area (Å²) in [6.45, 7) is 5.34. The summed E-state index contributed by atoms with van der Waals surface area (Å²) in [6.07, 6.45) is 3.77. The summed E-state index contributed by atoms with van der Waals surface area (Å²) >= 11 is 0. The lowest BCUT2D eigenvalue weighted by molar-refractivity contribution is -0.154. The molecule has 1 unspecified atom stereocenters. The van der Waals surface area contributed by atoms with Crippen molar-refractivity contribution in [2.75, 3.05) is 40.0 Å². The second-order valence-electron chi connectivity index (χ2n) is 7.10. The first-order chi connectivity index (χ1) is 12.0. The third-order valence-corrected chi connectivity index (χ3v) is 5.38. The van der Waals surface area contributed by atoms with Gasteiger partial charge in [0.25, 0.3) is 5.91 Å². The third kappa shape index (κ3) is 4.22. The van der Waals surface area contributed by atoms with Gasteiger partial charge in [-0.3, -0.25) is 9.48 Å². The molecule has 0 radical (unpaired) electrons. The molecule has 1 aromatic rings. The van der Waals surface area contributed by atoms with Crippen LogP contribution in [0.4, 0.5) is 0 Å². The monoisotopic (exact) mass is 351 g/mol. The highest BCUT2D eigenvalue weighted by Gasteiger charge is 2.41. The van der Waals surface area contributed by atoms with Crippen LogP contribution in [0.3, 0.4) is 0 Å². The van der Waals surface area contributed by atoms with E-state index in [1.807, 2.05) is 24.9 Å². The Bertz CT molecular complexity index is 574. The molecule has 2 fully saturated rings. The highest BCUT2D eigenvalue weighted by molar-refractivity contribution is 5.92. The lowest BCUT2D eigenvalue weighted by atomic mass is 9.83. The van der Waals surface area contributed by atoms with E-state index in [1.165, 1.54) is 0 Å². The normalized spacial score (nSPS) is 23.2. The number of aryl methyl sites for hydroxylation is 2. The fourth-order valence-corrected chi connectivity index (χ4v) is 3.72. The Kier molecular flexibility index (Phi) is 5.76. The Balaban J connectivity index is 1.54. The van der Waals surface area contributed by atoms with Crippen molar-refractivity contribution in [1.82, 2.24) is 14.7 Å². The van der Waals surface area contributed by atoms with Crippen molar-refractivity contribution in [3.63, 3.8) is 0 Å². The van der Waals surface area contributed by atoms with E-state index < -0.39 is 0 Å². The molecule has 2 saturated heterocycles. The zero-order valence-corrected chi connectivity index (χ0v) is 15.5. The quantitative estimate of drug-likeness (QED) is 0.753. The summed E-state index contributed by atoms with van der Waals surface area (Å²) in [7, 11) is 3.54. The molecule has 1 amide bonds. The van der Waals surface area contributed by atoms with Gasteiger partial charge in [0, 0.05) is 46.0 Å². The maximum Gasteiger partial charge on any atom is 0.274 e. The van der Waals surface area contributed by atoms with Crippen molar-refractivity contribution >= 4 is 5.91 Å². The van der Waals surface area contributed by atoms with E-state index in [9.17, 15) is 4.79 Å². The number of nitrogens with zero attached hydrogens (tertiary/aromatic N) is 3. The predicted octanol–water partition coefficient (Wildman–Crippen LogP) is 1.55. The van der Waals surface area contributed by atoms with Gasteiger partial charge in [-0.1, -0.05) is 0 Å². The number of carbonyl (C=O) groups excluding carboxylic acids is 1. The average Bonchev–Trinajstić information content (AvgIpc) is 2.94. The zero-order valence-electron chi connectivity index (χ0n) is 15.5. The first-order valence-electron chi connectivity index (χ1n) is 9.07. The maximum atomic E-state index is 12.6. The highest BCUT2D eigenvalue weighted by atomic mass is 16.5. The Morgan fingerprint density at radius 1 is 1.40 bits per heavy atom. The third-order valence-electron chi connectivity index (χ3n) is 5.38. The lowest BCUT2D eigenvalue weighted by Crippen LogP contribution is -2.52. The van der Waals surface area contributed by atoms with Gasteiger partial charge >= 0.3 is 0 Å². The van der Waals surface area contributed by atoms with Crippen molar-refractivity contribution in [2.45, 2.75) is 44.3 Å². The van der Waals surface area contributed by atoms with Gasteiger partial charge in [0.2, 0.25) is 0 Å². The fourth-order valence-electron chi connectivity index (χ4n) is 3.72. The Morgan fingerprint density at radius 3 is 2.80 bits per heavy atom. The van der Waals surface area contributed by atoms with Gasteiger partial charge in [-0.05, 0) is 32.3 Å². The minimum absolute atomic E-state index is 0.0160. The molecule has 1 aromatic heterocycles. The van der Waals surface area contributed by atoms with E-state index in [-0.39, 0.29) is 17.6 Å². The van der Waals surface area contributed by atoms with Gasteiger partial charge in [0.05, 0.1) is 24.9 Å². The maximum absolute atomic E-state index is 12.6. The van der Waals surface area contributed by atoms with Crippen LogP contribution in [0.5, 0.6) is 0 Å². The molecule has 3 heterocycles. The van der Waals surface area contributed by atoms with Crippen LogP contribution in [-0.4, -0.2) is 72.3 Å². The van der Waals surface area contributed by atoms with Crippen molar-refractivity contribution in [3.05, 3.63) is 17.5 Å². The van der Waals surface area contributed by atoms with E-state index in [0.717, 1.165) is 38.0 Å². The zero-order chi connectivity index (χ0) is 17.9. The molecule has 1 spiro atoms. The summed E-state index contributed by atoms with van der Waals surface area (Å²) in [5.74, 6) is 0.0160. The fraction of sp³-hybridized carbons (Fsp3) is 0.778. The molecule has 0 saturated carbocycles. The molecule has 0 bridgehead atoms. The first-order valence-corrected chi connectivity index (χ1v) is 9.07. The van der Waals surface area contributed by atoms with Crippen LogP contribution >= 0.6 is 0 Å². The lowest BCUT2D eigenvalue weighted by Gasteiger charge is -2.46. The van der Waals surface area contributed by atoms with Gasteiger partial charge in [-0.2, -0.15) is 5.10 Å². The molecule has 2 aliphatic rings. The Morgan fingerprint density at radius 2 is 2.16 bits per heavy atom. The SMILES string of the molecule is COCCOC1CCOC2(CCN(C(=O)c3cc(C)n(C)n3)CC2)C1. The van der Waals surface area contributed by atoms with Crippen molar-refractivity contribution in [3.8, 4) is 0 Å². The summed E-state index contributed by atoms with van der Waals surface area (Å²) in [6, 6.07) is 1.85. The largest absolute Gasteiger partial charge is 0.382 e. The number of hydrogen-bond donors (Lipinski definition) is 0. The van der Waals surface area contributed by atoms with Crippen molar-refractivity contribution in [2.24, 2.45) is 7.05 Å². The van der Waals surface area contributed by atoms with Crippen LogP contribution in [-0.2, 0) is 21.3 Å². The van der Waals surface area contributed by atoms with Crippen LogP contribution in [0.15, 0.2) is 6.07 Å². The second-order valence-corrected chi connectivity index (χ2v) is 7.10. The van der Waals surface area contributed by atoms with Gasteiger partial charge < -0.3 is 19.1 Å². The number of rotatable bonds is 5. The molecule has 0 aromatic carbocycles. The van der Waals surface area contributed by atoms with Crippen molar-refractivity contribution in [1.29, 1.82) is 0 Å².